The van der Waals surface area contributed by atoms with Crippen LogP contribution in [0, 0.1) is 11.3 Å². The summed E-state index contributed by atoms with van der Waals surface area (Å²) in [6, 6.07) is 11.6. The van der Waals surface area contributed by atoms with Crippen molar-refractivity contribution in [3.05, 3.63) is 41.6 Å². The van der Waals surface area contributed by atoms with Crippen molar-refractivity contribution in [2.75, 3.05) is 18.5 Å². The third-order valence-corrected chi connectivity index (χ3v) is 4.64. The fraction of sp³-hybridized carbons (Fsp3) is 0.353. The van der Waals surface area contributed by atoms with Crippen molar-refractivity contribution in [1.29, 1.82) is 5.26 Å². The number of hydrogen-bond acceptors (Lipinski definition) is 5. The summed E-state index contributed by atoms with van der Waals surface area (Å²) in [6.45, 7) is 2.42. The van der Waals surface area contributed by atoms with Crippen LogP contribution < -0.4 is 11.1 Å². The highest BCUT2D eigenvalue weighted by molar-refractivity contribution is 7.99. The van der Waals surface area contributed by atoms with Crippen LogP contribution in [-0.2, 0) is 11.2 Å². The summed E-state index contributed by atoms with van der Waals surface area (Å²) in [5, 5.41) is 16.6. The number of carbonyl (C=O) groups excluding carboxylic acids is 1. The second kappa shape index (κ2) is 8.41. The molecule has 0 saturated heterocycles. The van der Waals surface area contributed by atoms with Gasteiger partial charge in [-0.2, -0.15) is 22.1 Å². The van der Waals surface area contributed by atoms with Crippen molar-refractivity contribution in [1.82, 2.24) is 15.1 Å². The number of hydrogen-bond donors (Lipinski definition) is 2. The number of thioether (sulfide) groups is 1. The quantitative estimate of drug-likeness (QED) is 0.751. The predicted molar refractivity (Wildman–Crippen MR) is 97.0 cm³/mol. The van der Waals surface area contributed by atoms with E-state index in [-0.39, 0.29) is 11.2 Å². The number of para-hydroxylation sites is 1. The molecular formula is C17H21N5OS. The number of anilines is 1. The molecule has 0 fully saturated rings. The zero-order valence-electron chi connectivity index (χ0n) is 13.8. The molecule has 1 unspecified atom stereocenters. The molecule has 3 N–H and O–H groups in total. The normalized spacial score (nSPS) is 11.7. The SMILES string of the molecule is CSC(C)C(=O)NCCCc1nn(-c2ccccc2)c(N)c1C#N. The highest BCUT2D eigenvalue weighted by Gasteiger charge is 2.16. The first-order valence-corrected chi connectivity index (χ1v) is 9.00. The summed E-state index contributed by atoms with van der Waals surface area (Å²) in [7, 11) is 0. The molecule has 0 aliphatic heterocycles. The molecule has 1 amide bonds. The molecule has 1 aromatic carbocycles. The van der Waals surface area contributed by atoms with E-state index >= 15 is 0 Å². The fourth-order valence-electron chi connectivity index (χ4n) is 2.26. The van der Waals surface area contributed by atoms with Crippen LogP contribution in [0.3, 0.4) is 0 Å². The Kier molecular flexibility index (Phi) is 6.27. The molecule has 2 aromatic rings. The van der Waals surface area contributed by atoms with Gasteiger partial charge in [-0.05, 0) is 38.2 Å². The Morgan fingerprint density at radius 3 is 2.79 bits per heavy atom. The minimum Gasteiger partial charge on any atom is -0.382 e. The van der Waals surface area contributed by atoms with Gasteiger partial charge >= 0.3 is 0 Å². The second-order valence-electron chi connectivity index (χ2n) is 5.34. The van der Waals surface area contributed by atoms with E-state index in [1.165, 1.54) is 11.8 Å². The molecule has 0 aliphatic rings. The Morgan fingerprint density at radius 1 is 1.46 bits per heavy atom. The maximum atomic E-state index is 11.7. The van der Waals surface area contributed by atoms with Crippen LogP contribution in [-0.4, -0.2) is 33.7 Å². The van der Waals surface area contributed by atoms with E-state index in [0.717, 1.165) is 5.69 Å². The first-order valence-electron chi connectivity index (χ1n) is 7.71. The number of amides is 1. The maximum absolute atomic E-state index is 11.7. The summed E-state index contributed by atoms with van der Waals surface area (Å²) >= 11 is 1.51. The number of rotatable bonds is 7. The number of aryl methyl sites for hydroxylation is 1. The number of nitrogens with zero attached hydrogens (tertiary/aromatic N) is 3. The van der Waals surface area contributed by atoms with Gasteiger partial charge in [-0.25, -0.2) is 4.68 Å². The fourth-order valence-corrected chi connectivity index (χ4v) is 2.56. The Balaban J connectivity index is 2.04. The summed E-state index contributed by atoms with van der Waals surface area (Å²) in [4.78, 5) is 11.7. The lowest BCUT2D eigenvalue weighted by Crippen LogP contribution is -2.31. The minimum atomic E-state index is -0.0624. The Bertz CT molecular complexity index is 735. The molecule has 1 heterocycles. The van der Waals surface area contributed by atoms with Gasteiger partial charge in [-0.15, -0.1) is 0 Å². The van der Waals surface area contributed by atoms with E-state index in [9.17, 15) is 10.1 Å². The number of carbonyl (C=O) groups is 1. The van der Waals surface area contributed by atoms with Crippen molar-refractivity contribution in [2.24, 2.45) is 0 Å². The first kappa shape index (κ1) is 17.9. The molecule has 2 rings (SSSR count). The monoisotopic (exact) mass is 343 g/mol. The number of nitrogens with one attached hydrogen (secondary N) is 1. The molecule has 0 radical (unpaired) electrons. The van der Waals surface area contributed by atoms with E-state index in [2.05, 4.69) is 16.5 Å². The van der Waals surface area contributed by atoms with E-state index in [0.29, 0.717) is 36.5 Å². The van der Waals surface area contributed by atoms with Gasteiger partial charge in [0.15, 0.2) is 0 Å². The molecule has 7 heteroatoms. The summed E-state index contributed by atoms with van der Waals surface area (Å²) in [6.07, 6.45) is 3.19. The van der Waals surface area contributed by atoms with Gasteiger partial charge in [0, 0.05) is 6.54 Å². The molecular weight excluding hydrogens is 322 g/mol. The van der Waals surface area contributed by atoms with E-state index in [1.54, 1.807) is 4.68 Å². The molecule has 0 spiro atoms. The van der Waals surface area contributed by atoms with Gasteiger partial charge in [0.25, 0.3) is 0 Å². The minimum absolute atomic E-state index is 0.0253. The lowest BCUT2D eigenvalue weighted by Gasteiger charge is -2.08. The van der Waals surface area contributed by atoms with Crippen LogP contribution in [0.5, 0.6) is 0 Å². The maximum Gasteiger partial charge on any atom is 0.232 e. The lowest BCUT2D eigenvalue weighted by atomic mass is 10.1. The summed E-state index contributed by atoms with van der Waals surface area (Å²) in [5.74, 6) is 0.371. The van der Waals surface area contributed by atoms with Crippen LogP contribution in [0.15, 0.2) is 30.3 Å². The zero-order chi connectivity index (χ0) is 17.5. The van der Waals surface area contributed by atoms with Gasteiger partial charge in [-0.1, -0.05) is 18.2 Å². The van der Waals surface area contributed by atoms with Crippen LogP contribution in [0.2, 0.25) is 0 Å². The van der Waals surface area contributed by atoms with Crippen molar-refractivity contribution in [3.8, 4) is 11.8 Å². The van der Waals surface area contributed by atoms with Crippen LogP contribution >= 0.6 is 11.8 Å². The third-order valence-electron chi connectivity index (χ3n) is 3.72. The van der Waals surface area contributed by atoms with Gasteiger partial charge in [0.05, 0.1) is 16.6 Å². The van der Waals surface area contributed by atoms with E-state index < -0.39 is 0 Å². The van der Waals surface area contributed by atoms with E-state index in [4.69, 9.17) is 5.73 Å². The van der Waals surface area contributed by atoms with Gasteiger partial charge in [0.2, 0.25) is 5.91 Å². The summed E-state index contributed by atoms with van der Waals surface area (Å²) in [5.41, 5.74) is 7.95. The molecule has 0 saturated carbocycles. The third kappa shape index (κ3) is 4.09. The van der Waals surface area contributed by atoms with Crippen molar-refractivity contribution >= 4 is 23.5 Å². The van der Waals surface area contributed by atoms with Crippen LogP contribution in [0.1, 0.15) is 24.6 Å². The molecule has 24 heavy (non-hydrogen) atoms. The van der Waals surface area contributed by atoms with Gasteiger partial charge < -0.3 is 11.1 Å². The highest BCUT2D eigenvalue weighted by atomic mass is 32.2. The molecule has 126 valence electrons. The number of nitrogen functional groups attached to an aromatic ring is 1. The molecule has 1 aromatic heterocycles. The first-order chi connectivity index (χ1) is 11.6. The molecule has 1 atom stereocenters. The van der Waals surface area contributed by atoms with Gasteiger partial charge in [-0.3, -0.25) is 4.79 Å². The van der Waals surface area contributed by atoms with Gasteiger partial charge in [0.1, 0.15) is 17.5 Å². The zero-order valence-corrected chi connectivity index (χ0v) is 14.6. The molecule has 0 aliphatic carbocycles. The lowest BCUT2D eigenvalue weighted by molar-refractivity contribution is -0.120. The average molecular weight is 343 g/mol. The predicted octanol–water partition coefficient (Wildman–Crippen LogP) is 2.13. The number of benzene rings is 1. The number of nitrogens with two attached hydrogens (primary N) is 1. The van der Waals surface area contributed by atoms with Crippen molar-refractivity contribution in [2.45, 2.75) is 25.0 Å². The largest absolute Gasteiger partial charge is 0.382 e. The standard InChI is InChI=1S/C17H21N5OS/c1-12(24-2)17(23)20-10-6-9-15-14(11-18)16(19)22(21-15)13-7-4-3-5-8-13/h3-5,7-8,12H,6,9-10,19H2,1-2H3,(H,20,23). The second-order valence-corrected chi connectivity index (χ2v) is 6.52. The van der Waals surface area contributed by atoms with Crippen LogP contribution in [0.4, 0.5) is 5.82 Å². The number of aromatic nitrogens is 2. The van der Waals surface area contributed by atoms with E-state index in [1.807, 2.05) is 43.5 Å². The smallest absolute Gasteiger partial charge is 0.232 e. The summed E-state index contributed by atoms with van der Waals surface area (Å²) < 4.78 is 1.59. The Morgan fingerprint density at radius 2 is 2.17 bits per heavy atom. The topological polar surface area (TPSA) is 96.7 Å². The van der Waals surface area contributed by atoms with Crippen molar-refractivity contribution < 1.29 is 4.79 Å². The highest BCUT2D eigenvalue weighted by Crippen LogP contribution is 2.21. The molecule has 6 nitrogen and oxygen atoms in total. The number of nitriles is 1. The average Bonchev–Trinajstić information content (AvgIpc) is 2.94. The Labute approximate surface area is 146 Å². The van der Waals surface area contributed by atoms with Crippen LogP contribution in [0.25, 0.3) is 5.69 Å². The van der Waals surface area contributed by atoms with Crippen molar-refractivity contribution in [3.63, 3.8) is 0 Å². The Hall–Kier alpha value is -2.46. The molecule has 0 bridgehead atoms.